The first-order chi connectivity index (χ1) is 17.2. The number of amides is 1. The van der Waals surface area contributed by atoms with Crippen LogP contribution >= 0.6 is 0 Å². The second-order valence-electron chi connectivity index (χ2n) is 8.66. The molecular weight excluding hydrogens is 442 g/mol. The summed E-state index contributed by atoms with van der Waals surface area (Å²) >= 11 is 0. The minimum absolute atomic E-state index is 0.203. The molecule has 1 saturated heterocycles. The minimum atomic E-state index is -0.770. The third-order valence-electron chi connectivity index (χ3n) is 6.18. The minimum Gasteiger partial charge on any atom is -0.369 e. The topological polar surface area (TPSA) is 65.1 Å². The quantitative estimate of drug-likeness (QED) is 0.414. The van der Waals surface area contributed by atoms with E-state index in [0.717, 1.165) is 23.0 Å². The van der Waals surface area contributed by atoms with Crippen LogP contribution in [0.5, 0.6) is 0 Å². The van der Waals surface area contributed by atoms with Gasteiger partial charge in [0.2, 0.25) is 5.91 Å². The van der Waals surface area contributed by atoms with Gasteiger partial charge in [0, 0.05) is 6.92 Å². The van der Waals surface area contributed by atoms with Gasteiger partial charge < -0.3 is 23.9 Å². The largest absolute Gasteiger partial charge is 0.369 e. The van der Waals surface area contributed by atoms with Gasteiger partial charge in [0.1, 0.15) is 30.6 Å². The smallest absolute Gasteiger partial charge is 0.220 e. The molecule has 0 aliphatic carbocycles. The summed E-state index contributed by atoms with van der Waals surface area (Å²) in [7, 11) is 0. The molecule has 4 rings (SSSR count). The highest BCUT2D eigenvalue weighted by Crippen LogP contribution is 2.28. The molecule has 0 aromatic heterocycles. The fraction of sp³-hybridized carbons (Fsp3) is 0.310. The standard InChI is InChI=1S/C29H31NO5/c1-22(32)30-17-27(33-19-23-11-5-2-6-12-23)29(35-21-25-15-9-4-10-16-25)28(26(30)18-31)34-20-24-13-7-3-8-14-24/h2-16,18,26-29H,17,19-21H2,1H3/t26-,27-,28-,29-/m1/s1. The molecule has 3 aromatic carbocycles. The molecule has 0 radical (unpaired) electrons. The number of hydrogen-bond donors (Lipinski definition) is 0. The molecule has 1 heterocycles. The van der Waals surface area contributed by atoms with Gasteiger partial charge in [0.05, 0.1) is 26.4 Å². The summed E-state index contributed by atoms with van der Waals surface area (Å²) in [6, 6.07) is 28.7. The molecule has 35 heavy (non-hydrogen) atoms. The fourth-order valence-electron chi connectivity index (χ4n) is 4.35. The highest BCUT2D eigenvalue weighted by Gasteiger charge is 2.47. The van der Waals surface area contributed by atoms with Crippen molar-refractivity contribution >= 4 is 12.2 Å². The molecule has 1 aliphatic rings. The van der Waals surface area contributed by atoms with Gasteiger partial charge in [-0.15, -0.1) is 0 Å². The number of aldehydes is 1. The van der Waals surface area contributed by atoms with Gasteiger partial charge >= 0.3 is 0 Å². The van der Waals surface area contributed by atoms with E-state index < -0.39 is 24.4 Å². The highest BCUT2D eigenvalue weighted by atomic mass is 16.6. The Hall–Kier alpha value is -3.32. The van der Waals surface area contributed by atoms with E-state index in [1.807, 2.05) is 91.0 Å². The Balaban J connectivity index is 1.59. The van der Waals surface area contributed by atoms with Crippen LogP contribution in [0.1, 0.15) is 23.6 Å². The van der Waals surface area contributed by atoms with Gasteiger partial charge in [-0.25, -0.2) is 0 Å². The molecule has 1 amide bonds. The maximum Gasteiger partial charge on any atom is 0.220 e. The van der Waals surface area contributed by atoms with Crippen molar-refractivity contribution in [1.29, 1.82) is 0 Å². The van der Waals surface area contributed by atoms with Crippen LogP contribution in [0.15, 0.2) is 91.0 Å². The summed E-state index contributed by atoms with van der Waals surface area (Å²) in [5, 5.41) is 0. The molecule has 6 nitrogen and oxygen atoms in total. The lowest BCUT2D eigenvalue weighted by molar-refractivity contribution is -0.202. The molecule has 0 saturated carbocycles. The van der Waals surface area contributed by atoms with E-state index in [2.05, 4.69) is 0 Å². The molecule has 1 aliphatic heterocycles. The van der Waals surface area contributed by atoms with Crippen LogP contribution < -0.4 is 0 Å². The van der Waals surface area contributed by atoms with Crippen LogP contribution in [0.3, 0.4) is 0 Å². The average molecular weight is 474 g/mol. The molecule has 6 heteroatoms. The Morgan fingerprint density at radius 3 is 1.60 bits per heavy atom. The number of ether oxygens (including phenoxy) is 3. The normalized spacial score (nSPS) is 22.0. The van der Waals surface area contributed by atoms with E-state index in [4.69, 9.17) is 14.2 Å². The van der Waals surface area contributed by atoms with Crippen LogP contribution in [0.4, 0.5) is 0 Å². The van der Waals surface area contributed by atoms with E-state index >= 15 is 0 Å². The van der Waals surface area contributed by atoms with Crippen molar-refractivity contribution in [3.63, 3.8) is 0 Å². The van der Waals surface area contributed by atoms with E-state index in [0.29, 0.717) is 13.2 Å². The lowest BCUT2D eigenvalue weighted by Gasteiger charge is -2.46. The van der Waals surface area contributed by atoms with E-state index in [1.165, 1.54) is 11.8 Å². The third kappa shape index (κ3) is 6.63. The first-order valence-corrected chi connectivity index (χ1v) is 11.8. The lowest BCUT2D eigenvalue weighted by Crippen LogP contribution is -2.64. The van der Waals surface area contributed by atoms with Crippen molar-refractivity contribution in [2.24, 2.45) is 0 Å². The number of likely N-dealkylation sites (tertiary alicyclic amines) is 1. The van der Waals surface area contributed by atoms with Crippen molar-refractivity contribution in [1.82, 2.24) is 4.90 Å². The van der Waals surface area contributed by atoms with Gasteiger partial charge in [-0.3, -0.25) is 4.79 Å². The first kappa shape index (κ1) is 24.8. The van der Waals surface area contributed by atoms with Gasteiger partial charge in [-0.1, -0.05) is 91.0 Å². The molecule has 182 valence electrons. The zero-order valence-electron chi connectivity index (χ0n) is 19.9. The van der Waals surface area contributed by atoms with E-state index in [9.17, 15) is 9.59 Å². The van der Waals surface area contributed by atoms with E-state index in [-0.39, 0.29) is 19.1 Å². The number of benzene rings is 3. The number of rotatable bonds is 10. The summed E-state index contributed by atoms with van der Waals surface area (Å²) in [4.78, 5) is 26.3. The van der Waals surface area contributed by atoms with Gasteiger partial charge in [0.25, 0.3) is 0 Å². The maximum atomic E-state index is 12.5. The predicted octanol–water partition coefficient (Wildman–Crippen LogP) is 4.17. The third-order valence-corrected chi connectivity index (χ3v) is 6.18. The van der Waals surface area contributed by atoms with Crippen LogP contribution in [0.2, 0.25) is 0 Å². The Bertz CT molecular complexity index is 1060. The van der Waals surface area contributed by atoms with E-state index in [1.54, 1.807) is 0 Å². The monoisotopic (exact) mass is 473 g/mol. The zero-order chi connectivity index (χ0) is 24.5. The second-order valence-corrected chi connectivity index (χ2v) is 8.66. The molecule has 0 bridgehead atoms. The summed E-state index contributed by atoms with van der Waals surface area (Å²) in [6.07, 6.45) is -0.924. The average Bonchev–Trinajstić information content (AvgIpc) is 2.91. The first-order valence-electron chi connectivity index (χ1n) is 11.8. The van der Waals surface area contributed by atoms with Crippen molar-refractivity contribution < 1.29 is 23.8 Å². The second kappa shape index (κ2) is 12.4. The lowest BCUT2D eigenvalue weighted by atomic mass is 9.93. The van der Waals surface area contributed by atoms with Crippen molar-refractivity contribution in [2.75, 3.05) is 6.54 Å². The Labute approximate surface area is 206 Å². The number of carbonyl (C=O) groups excluding carboxylic acids is 2. The molecule has 0 spiro atoms. The predicted molar refractivity (Wildman–Crippen MR) is 132 cm³/mol. The molecule has 3 aromatic rings. The van der Waals surface area contributed by atoms with Gasteiger partial charge in [-0.2, -0.15) is 0 Å². The summed E-state index contributed by atoms with van der Waals surface area (Å²) in [6.45, 7) is 2.70. The molecular formula is C29H31NO5. The fourth-order valence-corrected chi connectivity index (χ4v) is 4.35. The number of carbonyl (C=O) groups is 2. The van der Waals surface area contributed by atoms with Crippen LogP contribution in [-0.2, 0) is 43.6 Å². The van der Waals surface area contributed by atoms with Gasteiger partial charge in [0.15, 0.2) is 0 Å². The Morgan fingerprint density at radius 1 is 0.743 bits per heavy atom. The van der Waals surface area contributed by atoms with Crippen molar-refractivity contribution in [3.8, 4) is 0 Å². The number of piperidine rings is 1. The summed E-state index contributed by atoms with van der Waals surface area (Å²) in [5.41, 5.74) is 3.00. The molecule has 1 fully saturated rings. The number of hydrogen-bond acceptors (Lipinski definition) is 5. The van der Waals surface area contributed by atoms with Crippen molar-refractivity contribution in [2.45, 2.75) is 51.1 Å². The van der Waals surface area contributed by atoms with Crippen molar-refractivity contribution in [3.05, 3.63) is 108 Å². The van der Waals surface area contributed by atoms with Crippen LogP contribution in [-0.4, -0.2) is 48.0 Å². The molecule has 4 atom stereocenters. The highest BCUT2D eigenvalue weighted by molar-refractivity contribution is 5.78. The summed E-state index contributed by atoms with van der Waals surface area (Å²) in [5.74, 6) is -0.203. The SMILES string of the molecule is CC(=O)N1C[C@@H](OCc2ccccc2)[C@@H](OCc2ccccc2)[C@H](OCc2ccccc2)[C@H]1C=O. The number of nitrogens with zero attached hydrogens (tertiary/aromatic N) is 1. The van der Waals surface area contributed by atoms with Gasteiger partial charge in [-0.05, 0) is 16.7 Å². The zero-order valence-corrected chi connectivity index (χ0v) is 19.9. The Morgan fingerprint density at radius 2 is 1.17 bits per heavy atom. The molecule has 0 N–H and O–H groups in total. The van der Waals surface area contributed by atoms with Crippen LogP contribution in [0.25, 0.3) is 0 Å². The summed E-state index contributed by atoms with van der Waals surface area (Å²) < 4.78 is 19.0. The molecule has 0 unspecified atom stereocenters. The maximum absolute atomic E-state index is 12.5. The Kier molecular flexibility index (Phi) is 8.79. The van der Waals surface area contributed by atoms with Crippen LogP contribution in [0, 0.1) is 0 Å².